The van der Waals surface area contributed by atoms with Gasteiger partial charge in [-0.05, 0) is 25.5 Å². The second-order valence-electron chi connectivity index (χ2n) is 3.89. The number of likely N-dealkylation sites (N-methyl/N-ethyl adjacent to an activating group) is 1. The molecular formula is C12H14N4O2. The van der Waals surface area contributed by atoms with Crippen molar-refractivity contribution in [1.29, 1.82) is 0 Å². The molecule has 1 N–H and O–H groups in total. The summed E-state index contributed by atoms with van der Waals surface area (Å²) in [5.41, 5.74) is 1.79. The van der Waals surface area contributed by atoms with Crippen LogP contribution < -0.4 is 5.32 Å². The van der Waals surface area contributed by atoms with Crippen LogP contribution >= 0.6 is 0 Å². The molecular weight excluding hydrogens is 232 g/mol. The second kappa shape index (κ2) is 5.39. The zero-order valence-electron chi connectivity index (χ0n) is 10.3. The minimum Gasteiger partial charge on any atom is -0.356 e. The summed E-state index contributed by atoms with van der Waals surface area (Å²) in [6.45, 7) is 4.38. The highest BCUT2D eigenvalue weighted by molar-refractivity contribution is 5.77. The third kappa shape index (κ3) is 2.91. The molecule has 2 aromatic heterocycles. The lowest BCUT2D eigenvalue weighted by atomic mass is 10.2. The lowest BCUT2D eigenvalue weighted by molar-refractivity contribution is -0.120. The fraction of sp³-hybridized carbons (Fsp3) is 0.333. The molecule has 2 heterocycles. The summed E-state index contributed by atoms with van der Waals surface area (Å²) in [6.07, 6.45) is 3.51. The third-order valence-electron chi connectivity index (χ3n) is 2.29. The quantitative estimate of drug-likeness (QED) is 0.874. The van der Waals surface area contributed by atoms with Crippen molar-refractivity contribution in [1.82, 2.24) is 20.4 Å². The molecule has 0 aliphatic heterocycles. The van der Waals surface area contributed by atoms with Gasteiger partial charge in [-0.2, -0.15) is 4.98 Å². The molecule has 0 fully saturated rings. The van der Waals surface area contributed by atoms with E-state index in [1.165, 1.54) is 0 Å². The standard InChI is InChI=1S/C12H14N4O2/c1-3-14-10(17)5-11-15-12(16-18-11)9-4-8(2)6-13-7-9/h4,6-7H,3,5H2,1-2H3,(H,14,17). The van der Waals surface area contributed by atoms with Crippen LogP contribution in [0.2, 0.25) is 0 Å². The van der Waals surface area contributed by atoms with Gasteiger partial charge in [-0.15, -0.1) is 0 Å². The monoisotopic (exact) mass is 246 g/mol. The van der Waals surface area contributed by atoms with Crippen molar-refractivity contribution in [3.63, 3.8) is 0 Å². The third-order valence-corrected chi connectivity index (χ3v) is 2.29. The van der Waals surface area contributed by atoms with Gasteiger partial charge >= 0.3 is 0 Å². The van der Waals surface area contributed by atoms with Crippen LogP contribution in [0.15, 0.2) is 23.0 Å². The summed E-state index contributed by atoms with van der Waals surface area (Å²) in [5.74, 6) is 0.623. The van der Waals surface area contributed by atoms with Gasteiger partial charge in [0, 0.05) is 24.5 Å². The summed E-state index contributed by atoms with van der Waals surface area (Å²) in [4.78, 5) is 19.6. The smallest absolute Gasteiger partial charge is 0.236 e. The topological polar surface area (TPSA) is 80.9 Å². The van der Waals surface area contributed by atoms with E-state index in [1.807, 2.05) is 19.9 Å². The molecule has 2 rings (SSSR count). The average molecular weight is 246 g/mol. The Labute approximate surface area is 104 Å². The molecule has 0 spiro atoms. The van der Waals surface area contributed by atoms with Crippen molar-refractivity contribution >= 4 is 5.91 Å². The van der Waals surface area contributed by atoms with Crippen LogP contribution in [0.4, 0.5) is 0 Å². The molecule has 2 aromatic rings. The van der Waals surface area contributed by atoms with Crippen LogP contribution in [0, 0.1) is 6.92 Å². The van der Waals surface area contributed by atoms with Gasteiger partial charge in [0.25, 0.3) is 0 Å². The van der Waals surface area contributed by atoms with E-state index in [9.17, 15) is 4.79 Å². The molecule has 94 valence electrons. The van der Waals surface area contributed by atoms with Crippen LogP contribution in [0.25, 0.3) is 11.4 Å². The molecule has 0 saturated carbocycles. The number of carbonyl (C=O) groups excluding carboxylic acids is 1. The molecule has 6 nitrogen and oxygen atoms in total. The summed E-state index contributed by atoms with van der Waals surface area (Å²) in [7, 11) is 0. The zero-order chi connectivity index (χ0) is 13.0. The molecule has 0 radical (unpaired) electrons. The van der Waals surface area contributed by atoms with Gasteiger partial charge < -0.3 is 9.84 Å². The molecule has 0 aliphatic rings. The van der Waals surface area contributed by atoms with Gasteiger partial charge in [0.1, 0.15) is 6.42 Å². The fourth-order valence-corrected chi connectivity index (χ4v) is 1.52. The minimum atomic E-state index is -0.130. The second-order valence-corrected chi connectivity index (χ2v) is 3.89. The first-order valence-electron chi connectivity index (χ1n) is 5.70. The van der Waals surface area contributed by atoms with E-state index in [4.69, 9.17) is 4.52 Å². The van der Waals surface area contributed by atoms with E-state index in [2.05, 4.69) is 20.4 Å². The molecule has 0 atom stereocenters. The largest absolute Gasteiger partial charge is 0.356 e. The predicted octanol–water partition coefficient (Wildman–Crippen LogP) is 1.12. The molecule has 0 aliphatic carbocycles. The van der Waals surface area contributed by atoms with E-state index >= 15 is 0 Å². The number of carbonyl (C=O) groups is 1. The van der Waals surface area contributed by atoms with E-state index in [0.29, 0.717) is 18.3 Å². The van der Waals surface area contributed by atoms with E-state index in [-0.39, 0.29) is 12.3 Å². The first kappa shape index (κ1) is 12.2. The van der Waals surface area contributed by atoms with Gasteiger partial charge in [0.15, 0.2) is 0 Å². The summed E-state index contributed by atoms with van der Waals surface area (Å²) < 4.78 is 5.03. The molecule has 1 amide bonds. The lowest BCUT2D eigenvalue weighted by Crippen LogP contribution is -2.24. The predicted molar refractivity (Wildman–Crippen MR) is 64.7 cm³/mol. The molecule has 0 bridgehead atoms. The Hall–Kier alpha value is -2.24. The number of amides is 1. The highest BCUT2D eigenvalue weighted by Gasteiger charge is 2.12. The van der Waals surface area contributed by atoms with E-state index in [1.54, 1.807) is 12.4 Å². The highest BCUT2D eigenvalue weighted by atomic mass is 16.5. The number of nitrogens with zero attached hydrogens (tertiary/aromatic N) is 3. The van der Waals surface area contributed by atoms with Gasteiger partial charge in [-0.25, -0.2) is 0 Å². The highest BCUT2D eigenvalue weighted by Crippen LogP contribution is 2.15. The molecule has 18 heavy (non-hydrogen) atoms. The number of pyridine rings is 1. The van der Waals surface area contributed by atoms with Gasteiger partial charge in [-0.1, -0.05) is 5.16 Å². The summed E-state index contributed by atoms with van der Waals surface area (Å²) in [6, 6.07) is 1.91. The van der Waals surface area contributed by atoms with Crippen molar-refractivity contribution in [2.24, 2.45) is 0 Å². The van der Waals surface area contributed by atoms with E-state index < -0.39 is 0 Å². The van der Waals surface area contributed by atoms with Crippen molar-refractivity contribution < 1.29 is 9.32 Å². The summed E-state index contributed by atoms with van der Waals surface area (Å²) in [5, 5.41) is 6.51. The Morgan fingerprint density at radius 2 is 2.28 bits per heavy atom. The molecule has 6 heteroatoms. The maximum atomic E-state index is 11.4. The van der Waals surface area contributed by atoms with Crippen LogP contribution in [0.3, 0.4) is 0 Å². The van der Waals surface area contributed by atoms with Crippen molar-refractivity contribution in [3.05, 3.63) is 29.9 Å². The van der Waals surface area contributed by atoms with Crippen LogP contribution in [-0.4, -0.2) is 27.6 Å². The Balaban J connectivity index is 2.13. The number of hydrogen-bond donors (Lipinski definition) is 1. The first-order valence-corrected chi connectivity index (χ1v) is 5.70. The number of aryl methyl sites for hydroxylation is 1. The number of hydrogen-bond acceptors (Lipinski definition) is 5. The molecule has 0 saturated heterocycles. The van der Waals surface area contributed by atoms with Crippen LogP contribution in [0.5, 0.6) is 0 Å². The maximum Gasteiger partial charge on any atom is 0.236 e. The lowest BCUT2D eigenvalue weighted by Gasteiger charge is -1.96. The molecule has 0 unspecified atom stereocenters. The number of nitrogens with one attached hydrogen (secondary N) is 1. The zero-order valence-corrected chi connectivity index (χ0v) is 10.3. The number of rotatable bonds is 4. The maximum absolute atomic E-state index is 11.4. The van der Waals surface area contributed by atoms with Crippen LogP contribution in [-0.2, 0) is 11.2 Å². The normalized spacial score (nSPS) is 10.3. The van der Waals surface area contributed by atoms with Gasteiger partial charge in [0.2, 0.25) is 17.6 Å². The molecule has 0 aromatic carbocycles. The Kier molecular flexibility index (Phi) is 3.66. The fourth-order valence-electron chi connectivity index (χ4n) is 1.52. The van der Waals surface area contributed by atoms with Crippen molar-refractivity contribution in [2.45, 2.75) is 20.3 Å². The Morgan fingerprint density at radius 1 is 1.44 bits per heavy atom. The average Bonchev–Trinajstić information content (AvgIpc) is 2.78. The Bertz CT molecular complexity index is 551. The van der Waals surface area contributed by atoms with Crippen molar-refractivity contribution in [3.8, 4) is 11.4 Å². The van der Waals surface area contributed by atoms with Crippen molar-refractivity contribution in [2.75, 3.05) is 6.54 Å². The SMILES string of the molecule is CCNC(=O)Cc1nc(-c2cncc(C)c2)no1. The summed E-state index contributed by atoms with van der Waals surface area (Å²) >= 11 is 0. The van der Waals surface area contributed by atoms with Gasteiger partial charge in [-0.3, -0.25) is 9.78 Å². The first-order chi connectivity index (χ1) is 8.69. The van der Waals surface area contributed by atoms with Crippen LogP contribution in [0.1, 0.15) is 18.4 Å². The Morgan fingerprint density at radius 3 is 3.00 bits per heavy atom. The number of aromatic nitrogens is 3. The van der Waals surface area contributed by atoms with E-state index in [0.717, 1.165) is 11.1 Å². The van der Waals surface area contributed by atoms with Gasteiger partial charge in [0.05, 0.1) is 0 Å². The minimum absolute atomic E-state index is 0.0973.